The molecule has 3 rings (SSSR count). The highest BCUT2D eigenvalue weighted by Crippen LogP contribution is 2.39. The summed E-state index contributed by atoms with van der Waals surface area (Å²) in [6.45, 7) is 4.15. The topological polar surface area (TPSA) is 42.5 Å². The second kappa shape index (κ2) is 8.91. The zero-order valence-corrected chi connectivity index (χ0v) is 16.5. The average Bonchev–Trinajstić information content (AvgIpc) is 3.16. The van der Waals surface area contributed by atoms with Gasteiger partial charge in [-0.2, -0.15) is 0 Å². The molecular weight excluding hydrogens is 356 g/mol. The Morgan fingerprint density at radius 3 is 2.56 bits per heavy atom. The van der Waals surface area contributed by atoms with Crippen molar-refractivity contribution in [2.24, 2.45) is 0 Å². The molecule has 1 saturated carbocycles. The van der Waals surface area contributed by atoms with E-state index < -0.39 is 0 Å². The fraction of sp³-hybridized carbons (Fsp3) is 0.318. The summed E-state index contributed by atoms with van der Waals surface area (Å²) in [6.07, 6.45) is 6.22. The van der Waals surface area contributed by atoms with E-state index in [1.54, 1.807) is 13.2 Å². The van der Waals surface area contributed by atoms with Crippen LogP contribution in [0.3, 0.4) is 0 Å². The van der Waals surface area contributed by atoms with Crippen molar-refractivity contribution >= 4 is 23.0 Å². The van der Waals surface area contributed by atoms with Crippen LogP contribution in [-0.4, -0.2) is 18.8 Å². The predicted octanol–water partition coefficient (Wildman–Crippen LogP) is 5.02. The first-order valence-corrected chi connectivity index (χ1v) is 9.63. The van der Waals surface area contributed by atoms with E-state index in [1.165, 1.54) is 18.4 Å². The molecule has 0 radical (unpaired) electrons. The van der Waals surface area contributed by atoms with Gasteiger partial charge < -0.3 is 20.1 Å². The first-order valence-electron chi connectivity index (χ1n) is 9.23. The number of hydrogen-bond acceptors (Lipinski definition) is 3. The summed E-state index contributed by atoms with van der Waals surface area (Å²) < 4.78 is 10.9. The van der Waals surface area contributed by atoms with E-state index in [4.69, 9.17) is 21.7 Å². The predicted molar refractivity (Wildman–Crippen MR) is 115 cm³/mol. The Kier molecular flexibility index (Phi) is 6.35. The molecule has 0 heterocycles. The number of methoxy groups -OCH3 is 1. The van der Waals surface area contributed by atoms with Gasteiger partial charge in [-0.3, -0.25) is 0 Å². The molecule has 0 aliphatic heterocycles. The van der Waals surface area contributed by atoms with Crippen molar-refractivity contribution < 1.29 is 9.47 Å². The quantitative estimate of drug-likeness (QED) is 0.520. The highest BCUT2D eigenvalue weighted by Gasteiger charge is 2.36. The van der Waals surface area contributed by atoms with Crippen LogP contribution >= 0.6 is 12.2 Å². The van der Waals surface area contributed by atoms with Gasteiger partial charge in [-0.15, -0.1) is 0 Å². The molecule has 2 aromatic rings. The lowest BCUT2D eigenvalue weighted by atomic mass is 9.88. The summed E-state index contributed by atoms with van der Waals surface area (Å²) in [6, 6.07) is 16.0. The minimum Gasteiger partial charge on any atom is -0.497 e. The summed E-state index contributed by atoms with van der Waals surface area (Å²) in [5.41, 5.74) is 2.01. The molecule has 5 heteroatoms. The van der Waals surface area contributed by atoms with Crippen LogP contribution in [0.4, 0.5) is 5.69 Å². The maximum Gasteiger partial charge on any atom is 0.171 e. The molecule has 0 spiro atoms. The minimum absolute atomic E-state index is 0.132. The third kappa shape index (κ3) is 4.80. The van der Waals surface area contributed by atoms with Crippen LogP contribution in [0.15, 0.2) is 61.2 Å². The zero-order chi connectivity index (χ0) is 19.1. The van der Waals surface area contributed by atoms with Crippen LogP contribution in [0.2, 0.25) is 0 Å². The Morgan fingerprint density at radius 2 is 1.89 bits per heavy atom. The Hall–Kier alpha value is -2.53. The molecule has 142 valence electrons. The van der Waals surface area contributed by atoms with Gasteiger partial charge in [0.05, 0.1) is 12.6 Å². The van der Waals surface area contributed by atoms with Crippen LogP contribution in [-0.2, 0) is 5.54 Å². The second-order valence-electron chi connectivity index (χ2n) is 6.72. The average molecular weight is 383 g/mol. The molecule has 0 saturated heterocycles. The number of nitrogens with one attached hydrogen (secondary N) is 2. The molecule has 1 fully saturated rings. The molecule has 2 aromatic carbocycles. The number of hydrogen-bond donors (Lipinski definition) is 2. The van der Waals surface area contributed by atoms with E-state index in [0.717, 1.165) is 30.0 Å². The third-order valence-electron chi connectivity index (χ3n) is 4.91. The van der Waals surface area contributed by atoms with Crippen molar-refractivity contribution in [2.75, 3.05) is 19.0 Å². The molecule has 0 aromatic heterocycles. The maximum absolute atomic E-state index is 5.62. The molecule has 1 aliphatic carbocycles. The Labute approximate surface area is 166 Å². The summed E-state index contributed by atoms with van der Waals surface area (Å²) in [5.74, 6) is 1.65. The first-order chi connectivity index (χ1) is 13.1. The molecule has 4 nitrogen and oxygen atoms in total. The normalized spacial score (nSPS) is 15.0. The van der Waals surface area contributed by atoms with Crippen LogP contribution < -0.4 is 20.1 Å². The van der Waals surface area contributed by atoms with E-state index in [2.05, 4.69) is 29.3 Å². The fourth-order valence-electron chi connectivity index (χ4n) is 3.57. The highest BCUT2D eigenvalue weighted by atomic mass is 32.1. The molecule has 1 aliphatic rings. The molecule has 27 heavy (non-hydrogen) atoms. The second-order valence-corrected chi connectivity index (χ2v) is 7.13. The third-order valence-corrected chi connectivity index (χ3v) is 5.12. The van der Waals surface area contributed by atoms with E-state index in [-0.39, 0.29) is 5.54 Å². The number of benzene rings is 2. The van der Waals surface area contributed by atoms with Gasteiger partial charge in [0.2, 0.25) is 0 Å². The van der Waals surface area contributed by atoms with E-state index in [0.29, 0.717) is 11.7 Å². The van der Waals surface area contributed by atoms with Gasteiger partial charge in [-0.1, -0.05) is 43.7 Å². The van der Waals surface area contributed by atoms with Crippen molar-refractivity contribution in [1.82, 2.24) is 5.32 Å². The standard InChI is InChI=1S/C22H26N2O2S/c1-3-15-26-20-8-6-7-18(16-20)23-21(27)24-22(13-4-5-14-22)17-9-11-19(25-2)12-10-17/h3,6-12,16H,1,4-5,13-15H2,2H3,(H2,23,24,27). The number of rotatable bonds is 7. The van der Waals surface area contributed by atoms with Crippen LogP contribution in [0.1, 0.15) is 31.2 Å². The van der Waals surface area contributed by atoms with Gasteiger partial charge in [0.1, 0.15) is 18.1 Å². The molecule has 2 N–H and O–H groups in total. The van der Waals surface area contributed by atoms with Crippen LogP contribution in [0.5, 0.6) is 11.5 Å². The first kappa shape index (κ1) is 19.2. The van der Waals surface area contributed by atoms with Gasteiger partial charge in [-0.25, -0.2) is 0 Å². The highest BCUT2D eigenvalue weighted by molar-refractivity contribution is 7.80. The minimum atomic E-state index is -0.132. The van der Waals surface area contributed by atoms with Crippen molar-refractivity contribution in [3.63, 3.8) is 0 Å². The largest absolute Gasteiger partial charge is 0.497 e. The van der Waals surface area contributed by atoms with Gasteiger partial charge >= 0.3 is 0 Å². The van der Waals surface area contributed by atoms with Crippen molar-refractivity contribution in [1.29, 1.82) is 0 Å². The van der Waals surface area contributed by atoms with Gasteiger partial charge in [-0.05, 0) is 54.9 Å². The van der Waals surface area contributed by atoms with Crippen LogP contribution in [0.25, 0.3) is 0 Å². The van der Waals surface area contributed by atoms with Crippen molar-refractivity contribution in [3.8, 4) is 11.5 Å². The Morgan fingerprint density at radius 1 is 1.15 bits per heavy atom. The smallest absolute Gasteiger partial charge is 0.171 e. The van der Waals surface area contributed by atoms with Crippen molar-refractivity contribution in [2.45, 2.75) is 31.2 Å². The number of ether oxygens (including phenoxy) is 2. The van der Waals surface area contributed by atoms with E-state index in [1.807, 2.05) is 36.4 Å². The summed E-state index contributed by atoms with van der Waals surface area (Å²) in [5, 5.41) is 7.49. The van der Waals surface area contributed by atoms with Gasteiger partial charge in [0.15, 0.2) is 5.11 Å². The van der Waals surface area contributed by atoms with Crippen LogP contribution in [0, 0.1) is 0 Å². The summed E-state index contributed by atoms with van der Waals surface area (Å²) >= 11 is 5.62. The lowest BCUT2D eigenvalue weighted by molar-refractivity contribution is 0.363. The van der Waals surface area contributed by atoms with E-state index >= 15 is 0 Å². The zero-order valence-electron chi connectivity index (χ0n) is 15.7. The number of thiocarbonyl (C=S) groups is 1. The van der Waals surface area contributed by atoms with Gasteiger partial charge in [0, 0.05) is 11.8 Å². The Balaban J connectivity index is 1.71. The molecule has 0 unspecified atom stereocenters. The van der Waals surface area contributed by atoms with Crippen molar-refractivity contribution in [3.05, 3.63) is 66.7 Å². The molecular formula is C22H26N2O2S. The maximum atomic E-state index is 5.62. The molecule has 0 atom stereocenters. The monoisotopic (exact) mass is 382 g/mol. The van der Waals surface area contributed by atoms with Gasteiger partial charge in [0.25, 0.3) is 0 Å². The number of anilines is 1. The Bertz CT molecular complexity index is 783. The van der Waals surface area contributed by atoms with E-state index in [9.17, 15) is 0 Å². The summed E-state index contributed by atoms with van der Waals surface area (Å²) in [7, 11) is 1.69. The lowest BCUT2D eigenvalue weighted by Gasteiger charge is -2.32. The lowest BCUT2D eigenvalue weighted by Crippen LogP contribution is -2.45. The molecule has 0 bridgehead atoms. The fourth-order valence-corrected chi connectivity index (χ4v) is 3.89. The summed E-state index contributed by atoms with van der Waals surface area (Å²) in [4.78, 5) is 0. The SMILES string of the molecule is C=CCOc1cccc(NC(=S)NC2(c3ccc(OC)cc3)CCCC2)c1. The molecule has 0 amide bonds.